The monoisotopic (exact) mass is 511 g/mol. The Morgan fingerprint density at radius 1 is 1.06 bits per heavy atom. The highest BCUT2D eigenvalue weighted by atomic mass is 79.9. The van der Waals surface area contributed by atoms with Gasteiger partial charge in [-0.2, -0.15) is 0 Å². The van der Waals surface area contributed by atoms with Gasteiger partial charge in [0.1, 0.15) is 5.75 Å². The number of amides is 1. The molecular formula is C23H22BrN5O2S. The van der Waals surface area contributed by atoms with Crippen LogP contribution in [0.1, 0.15) is 48.5 Å². The van der Waals surface area contributed by atoms with E-state index in [1.165, 1.54) is 31.0 Å². The zero-order valence-electron chi connectivity index (χ0n) is 17.3. The molecule has 32 heavy (non-hydrogen) atoms. The summed E-state index contributed by atoms with van der Waals surface area (Å²) in [5.41, 5.74) is 4.08. The molecule has 1 saturated carbocycles. The van der Waals surface area contributed by atoms with Crippen molar-refractivity contribution in [3.63, 3.8) is 0 Å². The summed E-state index contributed by atoms with van der Waals surface area (Å²) in [5, 5.41) is 14.1. The molecule has 5 rings (SSSR count). The standard InChI is InChI=1S/C23H22BrN5O2S/c24-16-12-10-15(11-13-16)21-26-28-23(29(21)17-6-2-1-3-7-17)32-14-20-25-27-22(30)18-8-4-5-9-19(18)31-20/h4-5,8-13,17H,1-3,6-7,14H2,(H,27,30). The Hall–Kier alpha value is -2.65. The van der Waals surface area contributed by atoms with E-state index in [9.17, 15) is 4.79 Å². The molecule has 164 valence electrons. The largest absolute Gasteiger partial charge is 0.440 e. The minimum atomic E-state index is -0.275. The minimum absolute atomic E-state index is 0.275. The molecule has 0 bridgehead atoms. The smallest absolute Gasteiger partial charge is 0.275 e. The third kappa shape index (κ3) is 4.45. The summed E-state index contributed by atoms with van der Waals surface area (Å²) in [6.07, 6.45) is 5.95. The van der Waals surface area contributed by atoms with Gasteiger partial charge in [-0.15, -0.1) is 15.3 Å². The number of hydrogen-bond acceptors (Lipinski definition) is 6. The highest BCUT2D eigenvalue weighted by molar-refractivity contribution is 9.10. The van der Waals surface area contributed by atoms with Crippen molar-refractivity contribution < 1.29 is 9.53 Å². The van der Waals surface area contributed by atoms with Crippen LogP contribution in [0.5, 0.6) is 5.75 Å². The number of para-hydroxylation sites is 1. The second kappa shape index (κ2) is 9.46. The highest BCUT2D eigenvalue weighted by Crippen LogP contribution is 2.36. The summed E-state index contributed by atoms with van der Waals surface area (Å²) in [6, 6.07) is 15.7. The van der Waals surface area contributed by atoms with Gasteiger partial charge < -0.3 is 4.74 Å². The number of ether oxygens (including phenoxy) is 1. The van der Waals surface area contributed by atoms with E-state index in [-0.39, 0.29) is 5.91 Å². The lowest BCUT2D eigenvalue weighted by atomic mass is 9.95. The zero-order valence-corrected chi connectivity index (χ0v) is 19.7. The Kier molecular flexibility index (Phi) is 6.27. The first-order chi connectivity index (χ1) is 15.7. The van der Waals surface area contributed by atoms with Crippen molar-refractivity contribution in [2.24, 2.45) is 5.10 Å². The van der Waals surface area contributed by atoms with Crippen LogP contribution in [0.15, 0.2) is 63.3 Å². The molecule has 3 aromatic rings. The molecule has 0 unspecified atom stereocenters. The first-order valence-electron chi connectivity index (χ1n) is 10.7. The third-order valence-corrected chi connectivity index (χ3v) is 7.13. The van der Waals surface area contributed by atoms with Crippen molar-refractivity contribution in [2.45, 2.75) is 43.3 Å². The van der Waals surface area contributed by atoms with E-state index in [1.54, 1.807) is 18.2 Å². The van der Waals surface area contributed by atoms with Crippen molar-refractivity contribution in [1.82, 2.24) is 20.2 Å². The molecule has 7 nitrogen and oxygen atoms in total. The number of hydrazone groups is 1. The molecule has 1 fully saturated rings. The van der Waals surface area contributed by atoms with Gasteiger partial charge in [0.05, 0.1) is 11.3 Å². The quantitative estimate of drug-likeness (QED) is 0.461. The SMILES string of the molecule is O=C1NN=C(CSc2nnc(-c3ccc(Br)cc3)n2C2CCCCC2)Oc2ccccc21. The molecule has 0 spiro atoms. The van der Waals surface area contributed by atoms with Crippen molar-refractivity contribution >= 4 is 39.5 Å². The predicted octanol–water partition coefficient (Wildman–Crippen LogP) is 5.44. The Morgan fingerprint density at radius 2 is 1.84 bits per heavy atom. The van der Waals surface area contributed by atoms with Crippen molar-refractivity contribution in [1.29, 1.82) is 0 Å². The number of hydrogen-bond donors (Lipinski definition) is 1. The maximum Gasteiger partial charge on any atom is 0.275 e. The zero-order chi connectivity index (χ0) is 21.9. The van der Waals surface area contributed by atoms with Crippen LogP contribution in [0, 0.1) is 0 Å². The van der Waals surface area contributed by atoms with Gasteiger partial charge in [0.2, 0.25) is 5.90 Å². The maximum atomic E-state index is 12.2. The van der Waals surface area contributed by atoms with Crippen LogP contribution in [-0.2, 0) is 0 Å². The number of benzene rings is 2. The Bertz CT molecular complexity index is 1160. The number of aromatic nitrogens is 3. The van der Waals surface area contributed by atoms with Crippen LogP contribution in [0.3, 0.4) is 0 Å². The van der Waals surface area contributed by atoms with Crippen molar-refractivity contribution in [3.05, 3.63) is 58.6 Å². The molecule has 1 amide bonds. The number of rotatable bonds is 5. The van der Waals surface area contributed by atoms with E-state index < -0.39 is 0 Å². The first kappa shape index (κ1) is 21.2. The third-order valence-electron chi connectivity index (χ3n) is 5.67. The summed E-state index contributed by atoms with van der Waals surface area (Å²) >= 11 is 5.03. The second-order valence-electron chi connectivity index (χ2n) is 7.81. The Labute approximate surface area is 198 Å². The van der Waals surface area contributed by atoms with Crippen molar-refractivity contribution in [2.75, 3.05) is 5.75 Å². The van der Waals surface area contributed by atoms with E-state index in [0.717, 1.165) is 33.9 Å². The fourth-order valence-electron chi connectivity index (χ4n) is 4.09. The molecular weight excluding hydrogens is 490 g/mol. The number of carbonyl (C=O) groups excluding carboxylic acids is 1. The van der Waals surface area contributed by atoms with Crippen LogP contribution in [-0.4, -0.2) is 32.3 Å². The molecule has 2 aromatic carbocycles. The number of nitrogens with zero attached hydrogens (tertiary/aromatic N) is 4. The van der Waals surface area contributed by atoms with Crippen LogP contribution < -0.4 is 10.2 Å². The van der Waals surface area contributed by atoms with Gasteiger partial charge in [0, 0.05) is 16.1 Å². The number of thioether (sulfide) groups is 1. The van der Waals surface area contributed by atoms with E-state index in [4.69, 9.17) is 4.74 Å². The molecule has 1 aromatic heterocycles. The topological polar surface area (TPSA) is 81.4 Å². The molecule has 2 aliphatic rings. The molecule has 0 saturated heterocycles. The van der Waals surface area contributed by atoms with Crippen LogP contribution >= 0.6 is 27.7 Å². The van der Waals surface area contributed by atoms with Gasteiger partial charge in [-0.25, -0.2) is 5.43 Å². The van der Waals surface area contributed by atoms with Crippen LogP contribution in [0.25, 0.3) is 11.4 Å². The maximum absolute atomic E-state index is 12.2. The van der Waals surface area contributed by atoms with Gasteiger partial charge in [-0.05, 0) is 37.1 Å². The Morgan fingerprint density at radius 3 is 2.66 bits per heavy atom. The fourth-order valence-corrected chi connectivity index (χ4v) is 5.21. The van der Waals surface area contributed by atoms with Crippen LogP contribution in [0.4, 0.5) is 0 Å². The van der Waals surface area contributed by atoms with Gasteiger partial charge in [0.25, 0.3) is 5.91 Å². The minimum Gasteiger partial charge on any atom is -0.440 e. The predicted molar refractivity (Wildman–Crippen MR) is 128 cm³/mol. The molecule has 1 N–H and O–H groups in total. The van der Waals surface area contributed by atoms with Gasteiger partial charge >= 0.3 is 0 Å². The first-order valence-corrected chi connectivity index (χ1v) is 12.4. The lowest BCUT2D eigenvalue weighted by molar-refractivity contribution is 0.0955. The average Bonchev–Trinajstić information content (AvgIpc) is 3.18. The molecule has 2 heterocycles. The normalized spacial score (nSPS) is 16.5. The summed E-state index contributed by atoms with van der Waals surface area (Å²) in [7, 11) is 0. The van der Waals surface area contributed by atoms with E-state index in [2.05, 4.69) is 53.4 Å². The highest BCUT2D eigenvalue weighted by Gasteiger charge is 2.25. The number of fused-ring (bicyclic) bond motifs is 1. The summed E-state index contributed by atoms with van der Waals surface area (Å²) in [4.78, 5) is 12.2. The molecule has 1 aliphatic carbocycles. The van der Waals surface area contributed by atoms with Crippen molar-refractivity contribution in [3.8, 4) is 17.1 Å². The number of nitrogens with one attached hydrogen (secondary N) is 1. The fraction of sp³-hybridized carbons (Fsp3) is 0.304. The Balaban J connectivity index is 1.41. The summed E-state index contributed by atoms with van der Waals surface area (Å²) in [5.74, 6) is 1.97. The van der Waals surface area contributed by atoms with Gasteiger partial charge in [0.15, 0.2) is 11.0 Å². The van der Waals surface area contributed by atoms with Gasteiger partial charge in [-0.1, -0.05) is 71.2 Å². The van der Waals surface area contributed by atoms with Crippen LogP contribution in [0.2, 0.25) is 0 Å². The number of halogens is 1. The molecule has 0 radical (unpaired) electrons. The molecule has 9 heteroatoms. The summed E-state index contributed by atoms with van der Waals surface area (Å²) < 4.78 is 9.23. The lowest BCUT2D eigenvalue weighted by Gasteiger charge is -2.25. The lowest BCUT2D eigenvalue weighted by Crippen LogP contribution is -2.19. The molecule has 1 aliphatic heterocycles. The second-order valence-corrected chi connectivity index (χ2v) is 9.67. The molecule has 0 atom stereocenters. The number of carbonyl (C=O) groups is 1. The van der Waals surface area contributed by atoms with Gasteiger partial charge in [-0.3, -0.25) is 9.36 Å². The average molecular weight is 512 g/mol. The van der Waals surface area contributed by atoms with E-state index in [0.29, 0.717) is 29.0 Å². The van der Waals surface area contributed by atoms with E-state index in [1.807, 2.05) is 18.2 Å². The summed E-state index contributed by atoms with van der Waals surface area (Å²) in [6.45, 7) is 0. The van der Waals surface area contributed by atoms with E-state index >= 15 is 0 Å².